The van der Waals surface area contributed by atoms with Gasteiger partial charge in [-0.25, -0.2) is 4.39 Å². The third kappa shape index (κ3) is 3.86. The van der Waals surface area contributed by atoms with Gasteiger partial charge in [0.25, 0.3) is 0 Å². The summed E-state index contributed by atoms with van der Waals surface area (Å²) in [5, 5.41) is 2.99. The zero-order valence-electron chi connectivity index (χ0n) is 13.0. The molecule has 1 amide bonds. The molecule has 1 N–H and O–H groups in total. The van der Waals surface area contributed by atoms with Crippen LogP contribution in [0, 0.1) is 12.7 Å². The van der Waals surface area contributed by atoms with Gasteiger partial charge in [0.2, 0.25) is 5.91 Å². The molecule has 1 aromatic carbocycles. The fourth-order valence-electron chi connectivity index (χ4n) is 2.73. The summed E-state index contributed by atoms with van der Waals surface area (Å²) in [5.74, 6) is 0.222. The van der Waals surface area contributed by atoms with Gasteiger partial charge in [-0.1, -0.05) is 6.07 Å². The summed E-state index contributed by atoms with van der Waals surface area (Å²) in [6, 6.07) is 7.99. The summed E-state index contributed by atoms with van der Waals surface area (Å²) in [5.41, 5.74) is 2.48. The number of benzene rings is 1. The first-order chi connectivity index (χ1) is 11.1. The lowest BCUT2D eigenvalue weighted by Crippen LogP contribution is -2.29. The molecule has 0 bridgehead atoms. The van der Waals surface area contributed by atoms with Crippen molar-refractivity contribution in [1.29, 1.82) is 0 Å². The van der Waals surface area contributed by atoms with E-state index >= 15 is 0 Å². The minimum absolute atomic E-state index is 0.0993. The average molecular weight is 314 g/mol. The number of carbonyl (C=O) groups is 1. The van der Waals surface area contributed by atoms with E-state index in [0.717, 1.165) is 24.1 Å². The Labute approximate surface area is 134 Å². The van der Waals surface area contributed by atoms with E-state index in [1.54, 1.807) is 12.3 Å². The molecule has 0 aliphatic carbocycles. The van der Waals surface area contributed by atoms with Gasteiger partial charge in [-0.3, -0.25) is 9.78 Å². The second kappa shape index (κ2) is 6.77. The molecule has 3 rings (SSSR count). The van der Waals surface area contributed by atoms with Crippen LogP contribution in [0.25, 0.3) is 0 Å². The highest BCUT2D eigenvalue weighted by atomic mass is 19.1. The number of ether oxygens (including phenoxy) is 1. The maximum atomic E-state index is 13.5. The molecular weight excluding hydrogens is 295 g/mol. The summed E-state index contributed by atoms with van der Waals surface area (Å²) < 4.78 is 19.2. The highest BCUT2D eigenvalue weighted by Crippen LogP contribution is 2.32. The average Bonchev–Trinajstić information content (AvgIpc) is 2.72. The molecule has 0 saturated heterocycles. The van der Waals surface area contributed by atoms with Crippen molar-refractivity contribution in [3.05, 3.63) is 59.2 Å². The quantitative estimate of drug-likeness (QED) is 0.947. The molecule has 2 aromatic rings. The Hall–Kier alpha value is -2.43. The first-order valence-corrected chi connectivity index (χ1v) is 7.75. The zero-order valence-corrected chi connectivity index (χ0v) is 13.0. The van der Waals surface area contributed by atoms with E-state index < -0.39 is 0 Å². The van der Waals surface area contributed by atoms with Crippen LogP contribution >= 0.6 is 0 Å². The number of amides is 1. The molecule has 1 aromatic heterocycles. The zero-order chi connectivity index (χ0) is 16.2. The number of rotatable bonds is 3. The lowest BCUT2D eigenvalue weighted by Gasteiger charge is -2.18. The van der Waals surface area contributed by atoms with Crippen LogP contribution in [0.15, 0.2) is 36.5 Å². The maximum Gasteiger partial charge on any atom is 0.224 e. The number of nitrogens with one attached hydrogen (secondary N) is 1. The molecule has 0 fully saturated rings. The number of fused-ring (bicyclic) bond motifs is 1. The Balaban J connectivity index is 1.73. The Morgan fingerprint density at radius 1 is 1.39 bits per heavy atom. The van der Waals surface area contributed by atoms with Gasteiger partial charge in [0, 0.05) is 17.5 Å². The molecule has 4 nitrogen and oxygen atoms in total. The second-order valence-electron chi connectivity index (χ2n) is 5.78. The van der Waals surface area contributed by atoms with Crippen LogP contribution in [-0.4, -0.2) is 17.5 Å². The maximum absolute atomic E-state index is 13.5. The number of hydrogen-bond acceptors (Lipinski definition) is 3. The number of nitrogens with zero attached hydrogens (tertiary/aromatic N) is 1. The molecule has 1 aliphatic heterocycles. The summed E-state index contributed by atoms with van der Waals surface area (Å²) in [6.07, 6.45) is 3.51. The highest BCUT2D eigenvalue weighted by Gasteiger charge is 2.22. The van der Waals surface area contributed by atoms with Crippen molar-refractivity contribution < 1.29 is 13.9 Å². The third-order valence-corrected chi connectivity index (χ3v) is 3.91. The molecule has 0 radical (unpaired) electrons. The Morgan fingerprint density at radius 3 is 3.04 bits per heavy atom. The van der Waals surface area contributed by atoms with Crippen LogP contribution in [0.2, 0.25) is 0 Å². The van der Waals surface area contributed by atoms with Gasteiger partial charge in [-0.05, 0) is 49.6 Å². The van der Waals surface area contributed by atoms with Gasteiger partial charge < -0.3 is 10.1 Å². The van der Waals surface area contributed by atoms with Crippen molar-refractivity contribution in [3.8, 4) is 5.75 Å². The van der Waals surface area contributed by atoms with Crippen molar-refractivity contribution in [1.82, 2.24) is 10.3 Å². The fraction of sp³-hybridized carbons (Fsp3) is 0.333. The molecule has 1 atom stereocenters. The van der Waals surface area contributed by atoms with Crippen LogP contribution in [0.3, 0.4) is 0 Å². The van der Waals surface area contributed by atoms with E-state index in [0.29, 0.717) is 17.9 Å². The van der Waals surface area contributed by atoms with Crippen molar-refractivity contribution >= 4 is 5.91 Å². The lowest BCUT2D eigenvalue weighted by atomic mass is 10.0. The molecule has 0 saturated carbocycles. The van der Waals surface area contributed by atoms with Gasteiger partial charge in [0.1, 0.15) is 11.6 Å². The lowest BCUT2D eigenvalue weighted by molar-refractivity contribution is -0.121. The van der Waals surface area contributed by atoms with Crippen molar-refractivity contribution in [2.24, 2.45) is 0 Å². The Kier molecular flexibility index (Phi) is 4.55. The molecule has 120 valence electrons. The number of aromatic nitrogens is 1. The first kappa shape index (κ1) is 15.5. The van der Waals surface area contributed by atoms with Crippen LogP contribution < -0.4 is 10.1 Å². The molecule has 5 heteroatoms. The standard InChI is InChI=1S/C18H19FN2O2/c1-12-4-5-13(11-20-12)9-18(22)21-16-3-2-8-23-17-7-6-14(19)10-15(16)17/h4-7,10-11,16H,2-3,8-9H2,1H3,(H,21,22). The van der Waals surface area contributed by atoms with E-state index in [1.807, 2.05) is 19.1 Å². The monoisotopic (exact) mass is 314 g/mol. The van der Waals surface area contributed by atoms with Gasteiger partial charge in [0.05, 0.1) is 19.1 Å². The summed E-state index contributed by atoms with van der Waals surface area (Å²) >= 11 is 0. The van der Waals surface area contributed by atoms with Gasteiger partial charge in [-0.15, -0.1) is 0 Å². The Morgan fingerprint density at radius 2 is 2.26 bits per heavy atom. The topological polar surface area (TPSA) is 51.2 Å². The van der Waals surface area contributed by atoms with Gasteiger partial charge >= 0.3 is 0 Å². The number of aryl methyl sites for hydroxylation is 1. The van der Waals surface area contributed by atoms with Crippen molar-refractivity contribution in [2.45, 2.75) is 32.2 Å². The molecular formula is C18H19FN2O2. The number of halogens is 1. The Bertz CT molecular complexity index is 701. The number of hydrogen-bond donors (Lipinski definition) is 1. The summed E-state index contributed by atoms with van der Waals surface area (Å²) in [7, 11) is 0. The largest absolute Gasteiger partial charge is 0.493 e. The van der Waals surface area contributed by atoms with Crippen molar-refractivity contribution in [3.63, 3.8) is 0 Å². The highest BCUT2D eigenvalue weighted by molar-refractivity contribution is 5.79. The summed E-state index contributed by atoms with van der Waals surface area (Å²) in [4.78, 5) is 16.5. The van der Waals surface area contributed by atoms with Crippen molar-refractivity contribution in [2.75, 3.05) is 6.61 Å². The van der Waals surface area contributed by atoms with Crippen LogP contribution in [0.5, 0.6) is 5.75 Å². The minimum atomic E-state index is -0.323. The van der Waals surface area contributed by atoms with E-state index in [2.05, 4.69) is 10.3 Å². The van der Waals surface area contributed by atoms with E-state index in [-0.39, 0.29) is 24.2 Å². The van der Waals surface area contributed by atoms with Crippen LogP contribution in [0.4, 0.5) is 4.39 Å². The first-order valence-electron chi connectivity index (χ1n) is 7.75. The fourth-order valence-corrected chi connectivity index (χ4v) is 2.73. The minimum Gasteiger partial charge on any atom is -0.493 e. The smallest absolute Gasteiger partial charge is 0.224 e. The SMILES string of the molecule is Cc1ccc(CC(=O)NC2CCCOc3ccc(F)cc32)cn1. The number of pyridine rings is 1. The molecule has 1 unspecified atom stereocenters. The molecule has 0 spiro atoms. The summed E-state index contributed by atoms with van der Waals surface area (Å²) in [6.45, 7) is 2.48. The molecule has 2 heterocycles. The van der Waals surface area contributed by atoms with Crippen LogP contribution in [0.1, 0.15) is 35.7 Å². The van der Waals surface area contributed by atoms with E-state index in [4.69, 9.17) is 4.74 Å². The third-order valence-electron chi connectivity index (χ3n) is 3.91. The van der Waals surface area contributed by atoms with Crippen LogP contribution in [-0.2, 0) is 11.2 Å². The normalized spacial score (nSPS) is 16.9. The number of carbonyl (C=O) groups excluding carboxylic acids is 1. The molecule has 1 aliphatic rings. The second-order valence-corrected chi connectivity index (χ2v) is 5.78. The predicted octanol–water partition coefficient (Wildman–Crippen LogP) is 3.10. The van der Waals surface area contributed by atoms with E-state index in [1.165, 1.54) is 12.1 Å². The van der Waals surface area contributed by atoms with E-state index in [9.17, 15) is 9.18 Å². The van der Waals surface area contributed by atoms with Gasteiger partial charge in [0.15, 0.2) is 0 Å². The van der Waals surface area contributed by atoms with Gasteiger partial charge in [-0.2, -0.15) is 0 Å². The predicted molar refractivity (Wildman–Crippen MR) is 84.7 cm³/mol. The molecule has 23 heavy (non-hydrogen) atoms.